The van der Waals surface area contributed by atoms with Gasteiger partial charge in [0.2, 0.25) is 0 Å². The number of hydrogen-bond donors (Lipinski definition) is 0. The molecule has 0 radical (unpaired) electrons. The van der Waals surface area contributed by atoms with Crippen molar-refractivity contribution in [2.75, 3.05) is 0 Å². The minimum Gasteiger partial charge on any atom is -0.192 e. The molecule has 0 amide bonds. The average molecular weight is 302 g/mol. The second kappa shape index (κ2) is 7.31. The van der Waals surface area contributed by atoms with E-state index in [1.165, 1.54) is 5.56 Å². The first-order valence-corrected chi connectivity index (χ1v) is 7.35. The molecule has 0 bridgehead atoms. The number of hydrogen-bond acceptors (Lipinski definition) is 3. The Hall–Kier alpha value is -2.75. The van der Waals surface area contributed by atoms with Gasteiger partial charge in [0.05, 0.1) is 11.1 Å². The van der Waals surface area contributed by atoms with Crippen molar-refractivity contribution in [3.05, 3.63) is 76.4 Å². The van der Waals surface area contributed by atoms with Gasteiger partial charge in [0.25, 0.3) is 0 Å². The highest BCUT2D eigenvalue weighted by Gasteiger charge is 2.05. The summed E-state index contributed by atoms with van der Waals surface area (Å²) in [7, 11) is 0. The van der Waals surface area contributed by atoms with E-state index in [0.29, 0.717) is 21.6 Å². The molecule has 0 unspecified atom stereocenters. The molecule has 2 nitrogen and oxygen atoms in total. The Bertz CT molecular complexity index is 803. The summed E-state index contributed by atoms with van der Waals surface area (Å²) >= 11 is 5.41. The second-order valence-corrected chi connectivity index (χ2v) is 5.18. The molecule has 2 rings (SSSR count). The SMILES string of the molecule is CCc1ccc(C(=S)C=Cc2cccc(C#N)c2C#N)cc1. The van der Waals surface area contributed by atoms with Crippen LogP contribution < -0.4 is 0 Å². The number of allylic oxidation sites excluding steroid dienone is 1. The summed E-state index contributed by atoms with van der Waals surface area (Å²) in [6, 6.07) is 17.4. The molecule has 0 saturated heterocycles. The first-order valence-electron chi connectivity index (χ1n) is 6.94. The highest BCUT2D eigenvalue weighted by molar-refractivity contribution is 7.81. The zero-order valence-corrected chi connectivity index (χ0v) is 13.0. The summed E-state index contributed by atoms with van der Waals surface area (Å²) < 4.78 is 0. The molecule has 0 aromatic heterocycles. The van der Waals surface area contributed by atoms with Crippen LogP contribution in [0.5, 0.6) is 0 Å². The Labute approximate surface area is 135 Å². The minimum atomic E-state index is 0.378. The molecule has 0 aliphatic rings. The van der Waals surface area contributed by atoms with Gasteiger partial charge < -0.3 is 0 Å². The van der Waals surface area contributed by atoms with E-state index in [9.17, 15) is 5.26 Å². The van der Waals surface area contributed by atoms with Crippen LogP contribution in [0, 0.1) is 22.7 Å². The van der Waals surface area contributed by atoms with Crippen molar-refractivity contribution in [1.29, 1.82) is 10.5 Å². The second-order valence-electron chi connectivity index (χ2n) is 4.74. The van der Waals surface area contributed by atoms with Crippen molar-refractivity contribution in [2.45, 2.75) is 13.3 Å². The number of aryl methyl sites for hydroxylation is 1. The van der Waals surface area contributed by atoms with Crippen LogP contribution in [0.1, 0.15) is 34.7 Å². The zero-order valence-electron chi connectivity index (χ0n) is 12.2. The van der Waals surface area contributed by atoms with Gasteiger partial charge >= 0.3 is 0 Å². The van der Waals surface area contributed by atoms with E-state index < -0.39 is 0 Å². The van der Waals surface area contributed by atoms with E-state index in [1.54, 1.807) is 30.4 Å². The third kappa shape index (κ3) is 3.47. The van der Waals surface area contributed by atoms with Crippen LogP contribution in [0.2, 0.25) is 0 Å². The Morgan fingerprint density at radius 1 is 1.09 bits per heavy atom. The number of nitriles is 2. The van der Waals surface area contributed by atoms with E-state index >= 15 is 0 Å². The molecule has 2 aromatic carbocycles. The van der Waals surface area contributed by atoms with Crippen molar-refractivity contribution < 1.29 is 0 Å². The van der Waals surface area contributed by atoms with Crippen LogP contribution in [0.15, 0.2) is 48.5 Å². The molecule has 0 aliphatic heterocycles. The molecule has 0 heterocycles. The van der Waals surface area contributed by atoms with Gasteiger partial charge in [-0.15, -0.1) is 0 Å². The van der Waals surface area contributed by atoms with Crippen molar-refractivity contribution in [3.8, 4) is 12.1 Å². The maximum atomic E-state index is 9.20. The Morgan fingerprint density at radius 2 is 1.82 bits per heavy atom. The molecule has 0 fully saturated rings. The van der Waals surface area contributed by atoms with Gasteiger partial charge in [0, 0.05) is 4.86 Å². The lowest BCUT2D eigenvalue weighted by molar-refractivity contribution is 1.14. The molecule has 106 valence electrons. The summed E-state index contributed by atoms with van der Waals surface area (Å²) in [5, 5.41) is 18.2. The van der Waals surface area contributed by atoms with Crippen molar-refractivity contribution in [2.24, 2.45) is 0 Å². The molecular weight excluding hydrogens is 288 g/mol. The fourth-order valence-corrected chi connectivity index (χ4v) is 2.30. The molecular formula is C19H14N2S. The highest BCUT2D eigenvalue weighted by Crippen LogP contribution is 2.16. The molecule has 22 heavy (non-hydrogen) atoms. The Morgan fingerprint density at radius 3 is 2.41 bits per heavy atom. The molecule has 0 atom stereocenters. The third-order valence-electron chi connectivity index (χ3n) is 3.39. The van der Waals surface area contributed by atoms with Gasteiger partial charge in [-0.2, -0.15) is 10.5 Å². The summed E-state index contributed by atoms with van der Waals surface area (Å²) in [4.78, 5) is 0.703. The average Bonchev–Trinajstić information content (AvgIpc) is 2.59. The quantitative estimate of drug-likeness (QED) is 0.477. The Balaban J connectivity index is 2.27. The first kappa shape index (κ1) is 15.6. The summed E-state index contributed by atoms with van der Waals surface area (Å²) in [6.07, 6.45) is 4.58. The lowest BCUT2D eigenvalue weighted by Crippen LogP contribution is -1.94. The topological polar surface area (TPSA) is 47.6 Å². The Kier molecular flexibility index (Phi) is 5.20. The first-order chi connectivity index (χ1) is 10.7. The number of nitrogens with zero attached hydrogens (tertiary/aromatic N) is 2. The van der Waals surface area contributed by atoms with Gasteiger partial charge in [0.1, 0.15) is 12.1 Å². The van der Waals surface area contributed by atoms with Crippen LogP contribution in [-0.2, 0) is 6.42 Å². The lowest BCUT2D eigenvalue weighted by atomic mass is 10.0. The smallest absolute Gasteiger partial charge is 0.101 e. The third-order valence-corrected chi connectivity index (χ3v) is 3.76. The van der Waals surface area contributed by atoms with E-state index in [1.807, 2.05) is 18.2 Å². The van der Waals surface area contributed by atoms with Gasteiger partial charge in [-0.05, 0) is 35.3 Å². The predicted octanol–water partition coefficient (Wildman–Crippen LogP) is 4.42. The largest absolute Gasteiger partial charge is 0.192 e. The molecule has 0 aliphatic carbocycles. The monoisotopic (exact) mass is 302 g/mol. The maximum absolute atomic E-state index is 9.20. The standard InChI is InChI=1S/C19H14N2S/c1-2-14-6-8-16(9-7-14)19(22)11-10-15-4-3-5-17(12-20)18(15)13-21/h3-11H,2H2,1H3. The van der Waals surface area contributed by atoms with E-state index in [2.05, 4.69) is 25.1 Å². The predicted molar refractivity (Wildman–Crippen MR) is 92.4 cm³/mol. The van der Waals surface area contributed by atoms with Crippen LogP contribution in [0.4, 0.5) is 0 Å². The maximum Gasteiger partial charge on any atom is 0.101 e. The number of rotatable bonds is 4. The van der Waals surface area contributed by atoms with Crippen molar-refractivity contribution in [1.82, 2.24) is 0 Å². The van der Waals surface area contributed by atoms with Crippen LogP contribution >= 0.6 is 12.2 Å². The van der Waals surface area contributed by atoms with Gasteiger partial charge in [0.15, 0.2) is 0 Å². The zero-order chi connectivity index (χ0) is 15.9. The minimum absolute atomic E-state index is 0.378. The van der Waals surface area contributed by atoms with Gasteiger partial charge in [-0.1, -0.05) is 61.6 Å². The van der Waals surface area contributed by atoms with E-state index in [4.69, 9.17) is 17.5 Å². The number of thiocarbonyl (C=S) groups is 1. The van der Waals surface area contributed by atoms with Crippen molar-refractivity contribution in [3.63, 3.8) is 0 Å². The fourth-order valence-electron chi connectivity index (χ4n) is 2.09. The van der Waals surface area contributed by atoms with Crippen LogP contribution in [-0.4, -0.2) is 4.86 Å². The summed E-state index contributed by atoms with van der Waals surface area (Å²) in [6.45, 7) is 2.11. The van der Waals surface area contributed by atoms with E-state index in [0.717, 1.165) is 12.0 Å². The van der Waals surface area contributed by atoms with Crippen LogP contribution in [0.25, 0.3) is 6.08 Å². The molecule has 0 N–H and O–H groups in total. The molecule has 0 saturated carbocycles. The van der Waals surface area contributed by atoms with Gasteiger partial charge in [-0.3, -0.25) is 0 Å². The molecule has 2 aromatic rings. The molecule has 3 heteroatoms. The summed E-state index contributed by atoms with van der Waals surface area (Å²) in [5.74, 6) is 0. The van der Waals surface area contributed by atoms with Crippen molar-refractivity contribution >= 4 is 23.2 Å². The normalized spacial score (nSPS) is 10.1. The van der Waals surface area contributed by atoms with Crippen LogP contribution in [0.3, 0.4) is 0 Å². The highest BCUT2D eigenvalue weighted by atomic mass is 32.1. The van der Waals surface area contributed by atoms with E-state index in [-0.39, 0.29) is 0 Å². The lowest BCUT2D eigenvalue weighted by Gasteiger charge is -2.02. The summed E-state index contributed by atoms with van der Waals surface area (Å²) in [5.41, 5.74) is 3.70. The van der Waals surface area contributed by atoms with Gasteiger partial charge in [-0.25, -0.2) is 0 Å². The number of benzene rings is 2. The fraction of sp³-hybridized carbons (Fsp3) is 0.105. The molecule has 0 spiro atoms.